The molecule has 0 aliphatic carbocycles. The third-order valence-corrected chi connectivity index (χ3v) is 4.99. The predicted octanol–water partition coefficient (Wildman–Crippen LogP) is 5.71. The zero-order valence-corrected chi connectivity index (χ0v) is 18.2. The molecule has 0 heterocycles. The number of esters is 1. The molecule has 0 saturated heterocycles. The van der Waals surface area contributed by atoms with E-state index in [0.29, 0.717) is 15.6 Å². The van der Waals surface area contributed by atoms with Gasteiger partial charge in [0, 0.05) is 10.0 Å². The van der Waals surface area contributed by atoms with E-state index in [0.717, 1.165) is 11.1 Å². The van der Waals surface area contributed by atoms with Crippen LogP contribution in [0, 0.1) is 0 Å². The van der Waals surface area contributed by atoms with Gasteiger partial charge in [0.05, 0.1) is 11.6 Å². The lowest BCUT2D eigenvalue weighted by atomic mass is 9.87. The van der Waals surface area contributed by atoms with E-state index in [9.17, 15) is 9.59 Å². The van der Waals surface area contributed by atoms with Crippen LogP contribution in [-0.2, 0) is 14.9 Å². The Morgan fingerprint density at radius 1 is 1.00 bits per heavy atom. The van der Waals surface area contributed by atoms with Crippen LogP contribution < -0.4 is 5.32 Å². The molecule has 2 rings (SSSR count). The standard InChI is InChI=1S/C22H25Cl2NO3/c1-13(18-11-10-17(23)12-19(18)24)25-20(26)14(2)28-21(27)15-6-8-16(9-7-15)22(3,4)5/h6-14H,1-5H3,(H,25,26)/t13-,14-/m1/s1. The summed E-state index contributed by atoms with van der Waals surface area (Å²) in [4.78, 5) is 24.7. The molecule has 0 aliphatic heterocycles. The first-order valence-corrected chi connectivity index (χ1v) is 9.81. The summed E-state index contributed by atoms with van der Waals surface area (Å²) in [5.41, 5.74) is 2.25. The molecular weight excluding hydrogens is 397 g/mol. The lowest BCUT2D eigenvalue weighted by molar-refractivity contribution is -0.129. The minimum absolute atomic E-state index is 0.00527. The maximum atomic E-state index is 12.4. The van der Waals surface area contributed by atoms with Gasteiger partial charge in [-0.2, -0.15) is 0 Å². The average molecular weight is 422 g/mol. The van der Waals surface area contributed by atoms with Crippen LogP contribution in [0.25, 0.3) is 0 Å². The lowest BCUT2D eigenvalue weighted by Crippen LogP contribution is -2.37. The fraction of sp³-hybridized carbons (Fsp3) is 0.364. The molecule has 0 saturated carbocycles. The molecule has 0 radical (unpaired) electrons. The van der Waals surface area contributed by atoms with Crippen molar-refractivity contribution in [3.05, 3.63) is 69.2 Å². The Bertz CT molecular complexity index is 857. The van der Waals surface area contributed by atoms with Crippen molar-refractivity contribution < 1.29 is 14.3 Å². The second-order valence-electron chi connectivity index (χ2n) is 7.77. The first kappa shape index (κ1) is 22.3. The molecule has 0 aliphatic rings. The average Bonchev–Trinajstić information content (AvgIpc) is 2.60. The number of ether oxygens (including phenoxy) is 1. The Morgan fingerprint density at radius 2 is 1.61 bits per heavy atom. The van der Waals surface area contributed by atoms with E-state index in [4.69, 9.17) is 27.9 Å². The summed E-state index contributed by atoms with van der Waals surface area (Å²) >= 11 is 12.1. The summed E-state index contributed by atoms with van der Waals surface area (Å²) in [5, 5.41) is 3.78. The van der Waals surface area contributed by atoms with E-state index in [1.165, 1.54) is 6.92 Å². The minimum atomic E-state index is -0.941. The summed E-state index contributed by atoms with van der Waals surface area (Å²) in [6.45, 7) is 9.63. The molecule has 28 heavy (non-hydrogen) atoms. The molecule has 0 aromatic heterocycles. The van der Waals surface area contributed by atoms with Gasteiger partial charge in [-0.25, -0.2) is 4.79 Å². The number of halogens is 2. The van der Waals surface area contributed by atoms with Crippen molar-refractivity contribution in [2.45, 2.75) is 52.2 Å². The van der Waals surface area contributed by atoms with E-state index in [1.807, 2.05) is 12.1 Å². The third-order valence-electron chi connectivity index (χ3n) is 4.43. The molecule has 0 spiro atoms. The first-order chi connectivity index (χ1) is 13.0. The topological polar surface area (TPSA) is 55.4 Å². The smallest absolute Gasteiger partial charge is 0.338 e. The van der Waals surface area contributed by atoms with Crippen LogP contribution in [0.15, 0.2) is 42.5 Å². The molecule has 2 aromatic rings. The Morgan fingerprint density at radius 3 is 2.14 bits per heavy atom. The van der Waals surface area contributed by atoms with Gasteiger partial charge in [-0.05, 0) is 54.7 Å². The van der Waals surface area contributed by atoms with Gasteiger partial charge >= 0.3 is 5.97 Å². The monoisotopic (exact) mass is 421 g/mol. The van der Waals surface area contributed by atoms with Gasteiger partial charge < -0.3 is 10.1 Å². The van der Waals surface area contributed by atoms with Crippen LogP contribution in [0.1, 0.15) is 62.1 Å². The summed E-state index contributed by atoms with van der Waals surface area (Å²) in [5.74, 6) is -0.946. The molecule has 1 N–H and O–H groups in total. The van der Waals surface area contributed by atoms with Gasteiger partial charge in [-0.1, -0.05) is 62.2 Å². The highest BCUT2D eigenvalue weighted by molar-refractivity contribution is 6.35. The van der Waals surface area contributed by atoms with Crippen LogP contribution in [0.4, 0.5) is 0 Å². The largest absolute Gasteiger partial charge is 0.449 e. The Kier molecular flexibility index (Phi) is 7.13. The molecule has 1 amide bonds. The zero-order chi connectivity index (χ0) is 21.1. The summed E-state index contributed by atoms with van der Waals surface area (Å²) in [6.07, 6.45) is -0.941. The molecule has 150 valence electrons. The second-order valence-corrected chi connectivity index (χ2v) is 8.61. The van der Waals surface area contributed by atoms with Crippen LogP contribution >= 0.6 is 23.2 Å². The fourth-order valence-corrected chi connectivity index (χ4v) is 3.22. The Hall–Kier alpha value is -2.04. The number of nitrogens with one attached hydrogen (secondary N) is 1. The van der Waals surface area contributed by atoms with Crippen molar-refractivity contribution in [1.82, 2.24) is 5.32 Å². The van der Waals surface area contributed by atoms with Crippen LogP contribution in [-0.4, -0.2) is 18.0 Å². The Balaban J connectivity index is 1.98. The third kappa shape index (κ3) is 5.73. The summed E-state index contributed by atoms with van der Waals surface area (Å²) in [6, 6.07) is 11.9. The highest BCUT2D eigenvalue weighted by Crippen LogP contribution is 2.26. The van der Waals surface area contributed by atoms with E-state index < -0.39 is 18.0 Å². The molecule has 0 unspecified atom stereocenters. The van der Waals surface area contributed by atoms with E-state index in [2.05, 4.69) is 26.1 Å². The first-order valence-electron chi connectivity index (χ1n) is 9.06. The van der Waals surface area contributed by atoms with Crippen molar-refractivity contribution in [3.8, 4) is 0 Å². The molecule has 6 heteroatoms. The number of hydrogen-bond donors (Lipinski definition) is 1. The van der Waals surface area contributed by atoms with E-state index in [-0.39, 0.29) is 11.5 Å². The summed E-state index contributed by atoms with van der Waals surface area (Å²) in [7, 11) is 0. The van der Waals surface area contributed by atoms with Crippen molar-refractivity contribution >= 4 is 35.1 Å². The fourth-order valence-electron chi connectivity index (χ4n) is 2.65. The van der Waals surface area contributed by atoms with Crippen molar-refractivity contribution in [2.75, 3.05) is 0 Å². The second kappa shape index (κ2) is 8.97. The molecule has 0 fully saturated rings. The van der Waals surface area contributed by atoms with Crippen molar-refractivity contribution in [3.63, 3.8) is 0 Å². The van der Waals surface area contributed by atoms with Crippen LogP contribution in [0.3, 0.4) is 0 Å². The maximum absolute atomic E-state index is 12.4. The van der Waals surface area contributed by atoms with Crippen LogP contribution in [0.5, 0.6) is 0 Å². The summed E-state index contributed by atoms with van der Waals surface area (Å²) < 4.78 is 5.30. The molecular formula is C22H25Cl2NO3. The van der Waals surface area contributed by atoms with Gasteiger partial charge in [0.15, 0.2) is 6.10 Å². The zero-order valence-electron chi connectivity index (χ0n) is 16.7. The van der Waals surface area contributed by atoms with Crippen molar-refractivity contribution in [2.24, 2.45) is 0 Å². The molecule has 4 nitrogen and oxygen atoms in total. The van der Waals surface area contributed by atoms with Gasteiger partial charge in [-0.15, -0.1) is 0 Å². The molecule has 2 atom stereocenters. The number of amides is 1. The number of carbonyl (C=O) groups excluding carboxylic acids is 2. The number of carbonyl (C=O) groups is 2. The van der Waals surface area contributed by atoms with E-state index in [1.54, 1.807) is 37.3 Å². The number of hydrogen-bond acceptors (Lipinski definition) is 3. The normalized spacial score (nSPS) is 13.5. The lowest BCUT2D eigenvalue weighted by Gasteiger charge is -2.20. The predicted molar refractivity (Wildman–Crippen MR) is 113 cm³/mol. The van der Waals surface area contributed by atoms with Gasteiger partial charge in [0.2, 0.25) is 0 Å². The quantitative estimate of drug-likeness (QED) is 0.628. The molecule has 2 aromatic carbocycles. The van der Waals surface area contributed by atoms with Gasteiger partial charge in [0.1, 0.15) is 0 Å². The van der Waals surface area contributed by atoms with Crippen molar-refractivity contribution in [1.29, 1.82) is 0 Å². The molecule has 0 bridgehead atoms. The van der Waals surface area contributed by atoms with Gasteiger partial charge in [-0.3, -0.25) is 4.79 Å². The SMILES string of the molecule is C[C@@H](OC(=O)c1ccc(C(C)(C)C)cc1)C(=O)N[C@H](C)c1ccc(Cl)cc1Cl. The highest BCUT2D eigenvalue weighted by atomic mass is 35.5. The van der Waals surface area contributed by atoms with Crippen LogP contribution in [0.2, 0.25) is 10.0 Å². The number of rotatable bonds is 5. The number of benzene rings is 2. The maximum Gasteiger partial charge on any atom is 0.338 e. The van der Waals surface area contributed by atoms with E-state index >= 15 is 0 Å². The van der Waals surface area contributed by atoms with Gasteiger partial charge in [0.25, 0.3) is 5.91 Å². The minimum Gasteiger partial charge on any atom is -0.449 e. The Labute approximate surface area is 176 Å². The highest BCUT2D eigenvalue weighted by Gasteiger charge is 2.22.